The molecule has 1 heterocycles. The lowest BCUT2D eigenvalue weighted by atomic mass is 10.0. The van der Waals surface area contributed by atoms with Crippen molar-refractivity contribution >= 4 is 5.97 Å². The molecular weight excluding hydrogens is 312 g/mol. The SMILES string of the molecule is COC(=O)C[NH+](Cc1cccn1Cc1ccccc1C)[C@@H](C)C(C)C. The Bertz CT molecular complexity index is 691. The van der Waals surface area contributed by atoms with E-state index in [2.05, 4.69) is 74.9 Å². The summed E-state index contributed by atoms with van der Waals surface area (Å²) in [6.07, 6.45) is 2.12. The van der Waals surface area contributed by atoms with E-state index < -0.39 is 0 Å². The highest BCUT2D eigenvalue weighted by atomic mass is 16.5. The van der Waals surface area contributed by atoms with Crippen LogP contribution in [-0.4, -0.2) is 30.2 Å². The highest BCUT2D eigenvalue weighted by Gasteiger charge is 2.25. The lowest BCUT2D eigenvalue weighted by Crippen LogP contribution is -3.15. The largest absolute Gasteiger partial charge is 0.465 e. The number of nitrogens with zero attached hydrogens (tertiary/aromatic N) is 1. The van der Waals surface area contributed by atoms with E-state index in [4.69, 9.17) is 4.74 Å². The number of carbonyl (C=O) groups excluding carboxylic acids is 1. The molecule has 2 atom stereocenters. The van der Waals surface area contributed by atoms with E-state index >= 15 is 0 Å². The van der Waals surface area contributed by atoms with Crippen LogP contribution in [0.1, 0.15) is 37.6 Å². The highest BCUT2D eigenvalue weighted by molar-refractivity contribution is 5.70. The minimum Gasteiger partial charge on any atom is -0.465 e. The summed E-state index contributed by atoms with van der Waals surface area (Å²) in [5.74, 6) is 0.346. The van der Waals surface area contributed by atoms with E-state index in [0.717, 1.165) is 13.1 Å². The smallest absolute Gasteiger partial charge is 0.361 e. The van der Waals surface area contributed by atoms with Gasteiger partial charge in [0.05, 0.1) is 18.8 Å². The van der Waals surface area contributed by atoms with Gasteiger partial charge in [0.1, 0.15) is 6.54 Å². The number of methoxy groups -OCH3 is 1. The Morgan fingerprint density at radius 3 is 2.52 bits per heavy atom. The molecule has 1 N–H and O–H groups in total. The summed E-state index contributed by atoms with van der Waals surface area (Å²) >= 11 is 0. The number of benzene rings is 1. The van der Waals surface area contributed by atoms with E-state index in [0.29, 0.717) is 18.5 Å². The third kappa shape index (κ3) is 5.20. The standard InChI is InChI=1S/C21H30N2O2/c1-16(2)18(4)23(15-21(24)25-5)14-20-11-8-12-22(20)13-19-10-7-6-9-17(19)3/h6-12,16,18H,13-15H2,1-5H3/p+1/t18-/m0/s1. The molecule has 136 valence electrons. The van der Waals surface area contributed by atoms with Crippen molar-refractivity contribution in [3.63, 3.8) is 0 Å². The van der Waals surface area contributed by atoms with Crippen LogP contribution in [0.3, 0.4) is 0 Å². The van der Waals surface area contributed by atoms with Crippen LogP contribution in [0.2, 0.25) is 0 Å². The van der Waals surface area contributed by atoms with Crippen LogP contribution in [-0.2, 0) is 22.6 Å². The molecule has 1 unspecified atom stereocenters. The molecule has 0 bridgehead atoms. The van der Waals surface area contributed by atoms with Crippen molar-refractivity contribution < 1.29 is 14.4 Å². The van der Waals surface area contributed by atoms with E-state index in [-0.39, 0.29) is 5.97 Å². The van der Waals surface area contributed by atoms with Crippen molar-refractivity contribution in [2.75, 3.05) is 13.7 Å². The second kappa shape index (κ2) is 8.86. The Balaban J connectivity index is 2.18. The zero-order valence-electron chi connectivity index (χ0n) is 16.1. The van der Waals surface area contributed by atoms with Gasteiger partial charge in [-0.2, -0.15) is 0 Å². The molecule has 0 saturated carbocycles. The van der Waals surface area contributed by atoms with Crippen LogP contribution in [0, 0.1) is 12.8 Å². The molecule has 0 spiro atoms. The summed E-state index contributed by atoms with van der Waals surface area (Å²) in [5, 5.41) is 0. The Labute approximate surface area is 151 Å². The molecule has 0 aliphatic carbocycles. The van der Waals surface area contributed by atoms with E-state index in [9.17, 15) is 4.79 Å². The van der Waals surface area contributed by atoms with Crippen molar-refractivity contribution in [1.29, 1.82) is 0 Å². The first-order valence-corrected chi connectivity index (χ1v) is 9.02. The highest BCUT2D eigenvalue weighted by Crippen LogP contribution is 2.12. The third-order valence-corrected chi connectivity index (χ3v) is 5.18. The van der Waals surface area contributed by atoms with E-state index in [1.165, 1.54) is 28.8 Å². The molecule has 4 heteroatoms. The van der Waals surface area contributed by atoms with Gasteiger partial charge in [-0.3, -0.25) is 0 Å². The molecule has 0 saturated heterocycles. The fourth-order valence-electron chi connectivity index (χ4n) is 3.08. The minimum atomic E-state index is -0.153. The molecule has 2 aromatic rings. The van der Waals surface area contributed by atoms with Crippen LogP contribution in [0.5, 0.6) is 0 Å². The number of hydrogen-bond donors (Lipinski definition) is 1. The average Bonchev–Trinajstić information content (AvgIpc) is 3.02. The topological polar surface area (TPSA) is 35.7 Å². The number of carbonyl (C=O) groups is 1. The first-order valence-electron chi connectivity index (χ1n) is 9.02. The van der Waals surface area contributed by atoms with Gasteiger partial charge in [-0.05, 0) is 37.1 Å². The number of rotatable bonds is 8. The Morgan fingerprint density at radius 1 is 1.16 bits per heavy atom. The van der Waals surface area contributed by atoms with Crippen LogP contribution in [0.15, 0.2) is 42.6 Å². The van der Waals surface area contributed by atoms with Crippen LogP contribution in [0.25, 0.3) is 0 Å². The minimum absolute atomic E-state index is 0.153. The second-order valence-electron chi connectivity index (χ2n) is 7.17. The van der Waals surface area contributed by atoms with Gasteiger partial charge in [0, 0.05) is 18.7 Å². The quantitative estimate of drug-likeness (QED) is 0.748. The Hall–Kier alpha value is -2.07. The van der Waals surface area contributed by atoms with Crippen LogP contribution >= 0.6 is 0 Å². The number of quaternary nitrogens is 1. The van der Waals surface area contributed by atoms with Gasteiger partial charge < -0.3 is 14.2 Å². The summed E-state index contributed by atoms with van der Waals surface area (Å²) in [6, 6.07) is 13.1. The maximum Gasteiger partial charge on any atom is 0.361 e. The Morgan fingerprint density at radius 2 is 1.88 bits per heavy atom. The molecule has 25 heavy (non-hydrogen) atoms. The second-order valence-corrected chi connectivity index (χ2v) is 7.17. The van der Waals surface area contributed by atoms with Crippen LogP contribution < -0.4 is 4.90 Å². The molecule has 0 aliphatic heterocycles. The van der Waals surface area contributed by atoms with Gasteiger partial charge >= 0.3 is 5.97 Å². The normalized spacial score (nSPS) is 13.7. The third-order valence-electron chi connectivity index (χ3n) is 5.18. The molecule has 1 aromatic carbocycles. The molecule has 4 nitrogen and oxygen atoms in total. The lowest BCUT2D eigenvalue weighted by Gasteiger charge is -2.28. The zero-order valence-corrected chi connectivity index (χ0v) is 16.1. The molecule has 0 aliphatic rings. The van der Waals surface area contributed by atoms with Gasteiger partial charge in [-0.1, -0.05) is 38.1 Å². The molecule has 0 fully saturated rings. The predicted molar refractivity (Wildman–Crippen MR) is 101 cm³/mol. The lowest BCUT2D eigenvalue weighted by molar-refractivity contribution is -0.933. The number of ether oxygens (including phenoxy) is 1. The summed E-state index contributed by atoms with van der Waals surface area (Å²) in [5.41, 5.74) is 3.87. The van der Waals surface area contributed by atoms with E-state index in [1.807, 2.05) is 0 Å². The van der Waals surface area contributed by atoms with Gasteiger partial charge in [-0.15, -0.1) is 0 Å². The number of aromatic nitrogens is 1. The number of esters is 1. The molecular formula is C21H31N2O2+. The maximum atomic E-state index is 11.8. The summed E-state index contributed by atoms with van der Waals surface area (Å²) in [6.45, 7) is 10.8. The van der Waals surface area contributed by atoms with Crippen molar-refractivity contribution in [2.45, 2.75) is 46.8 Å². The van der Waals surface area contributed by atoms with Gasteiger partial charge in [0.25, 0.3) is 0 Å². The van der Waals surface area contributed by atoms with Gasteiger partial charge in [0.2, 0.25) is 0 Å². The average molecular weight is 343 g/mol. The van der Waals surface area contributed by atoms with Crippen molar-refractivity contribution in [2.24, 2.45) is 5.92 Å². The molecule has 1 aromatic heterocycles. The van der Waals surface area contributed by atoms with Crippen molar-refractivity contribution in [1.82, 2.24) is 4.57 Å². The number of aryl methyl sites for hydroxylation is 1. The predicted octanol–water partition coefficient (Wildman–Crippen LogP) is 2.45. The summed E-state index contributed by atoms with van der Waals surface area (Å²) in [4.78, 5) is 13.1. The van der Waals surface area contributed by atoms with Gasteiger partial charge in [-0.25, -0.2) is 4.79 Å². The van der Waals surface area contributed by atoms with Crippen LogP contribution in [0.4, 0.5) is 0 Å². The fraction of sp³-hybridized carbons (Fsp3) is 0.476. The fourth-order valence-corrected chi connectivity index (χ4v) is 3.08. The number of hydrogen-bond acceptors (Lipinski definition) is 2. The first kappa shape index (κ1) is 19.3. The molecule has 2 rings (SSSR count). The number of nitrogens with one attached hydrogen (secondary N) is 1. The molecule has 0 radical (unpaired) electrons. The van der Waals surface area contributed by atoms with Gasteiger partial charge in [0.15, 0.2) is 6.54 Å². The summed E-state index contributed by atoms with van der Waals surface area (Å²) in [7, 11) is 1.46. The monoisotopic (exact) mass is 343 g/mol. The van der Waals surface area contributed by atoms with E-state index in [1.54, 1.807) is 0 Å². The molecule has 0 amide bonds. The van der Waals surface area contributed by atoms with Crippen molar-refractivity contribution in [3.05, 3.63) is 59.4 Å². The zero-order chi connectivity index (χ0) is 18.4. The maximum absolute atomic E-state index is 11.8. The summed E-state index contributed by atoms with van der Waals surface area (Å²) < 4.78 is 7.19. The Kier molecular flexibility index (Phi) is 6.82. The first-order chi connectivity index (χ1) is 11.9. The van der Waals surface area contributed by atoms with Crippen molar-refractivity contribution in [3.8, 4) is 0 Å².